The van der Waals surface area contributed by atoms with Crippen molar-refractivity contribution < 1.29 is 9.53 Å². The monoisotopic (exact) mass is 315 g/mol. The highest BCUT2D eigenvalue weighted by atomic mass is 16.5. The number of ether oxygens (including phenoxy) is 1. The summed E-state index contributed by atoms with van der Waals surface area (Å²) >= 11 is 0. The Morgan fingerprint density at radius 1 is 1.26 bits per heavy atom. The standard InChI is InChI=1S/C16H21N5O2/c1-16(5-2-12-23-16)15(22)20-10-8-19(9-11-20)14-4-3-13-17-6-7-21(13)18-14/h3-4,6-7H,2,5,8-12H2,1H3. The van der Waals surface area contributed by atoms with Crippen molar-refractivity contribution in [3.05, 3.63) is 24.5 Å². The van der Waals surface area contributed by atoms with Crippen molar-refractivity contribution in [3.8, 4) is 0 Å². The molecule has 2 saturated heterocycles. The van der Waals surface area contributed by atoms with E-state index in [1.165, 1.54) is 0 Å². The molecule has 2 fully saturated rings. The number of hydrogen-bond acceptors (Lipinski definition) is 5. The van der Waals surface area contributed by atoms with E-state index in [0.29, 0.717) is 19.7 Å². The molecule has 2 aliphatic heterocycles. The van der Waals surface area contributed by atoms with Crippen molar-refractivity contribution >= 4 is 17.4 Å². The van der Waals surface area contributed by atoms with Crippen LogP contribution in [0.1, 0.15) is 19.8 Å². The SMILES string of the molecule is CC1(C(=O)N2CCN(c3ccc4nccn4n3)CC2)CCCO1. The van der Waals surface area contributed by atoms with Gasteiger partial charge in [-0.3, -0.25) is 4.79 Å². The summed E-state index contributed by atoms with van der Waals surface area (Å²) in [5, 5.41) is 4.57. The van der Waals surface area contributed by atoms with Crippen LogP contribution in [-0.2, 0) is 9.53 Å². The first-order valence-corrected chi connectivity index (χ1v) is 8.14. The van der Waals surface area contributed by atoms with E-state index in [9.17, 15) is 4.79 Å². The molecule has 2 aromatic rings. The number of carbonyl (C=O) groups excluding carboxylic acids is 1. The molecule has 0 spiro atoms. The molecule has 122 valence electrons. The van der Waals surface area contributed by atoms with Gasteiger partial charge in [0.25, 0.3) is 5.91 Å². The Hall–Kier alpha value is -2.15. The number of amides is 1. The minimum atomic E-state index is -0.615. The molecule has 4 rings (SSSR count). The highest BCUT2D eigenvalue weighted by Gasteiger charge is 2.41. The zero-order valence-corrected chi connectivity index (χ0v) is 13.3. The number of anilines is 1. The summed E-state index contributed by atoms with van der Waals surface area (Å²) in [4.78, 5) is 21.0. The first-order valence-electron chi connectivity index (χ1n) is 8.14. The quantitative estimate of drug-likeness (QED) is 0.825. The number of carbonyl (C=O) groups is 1. The van der Waals surface area contributed by atoms with Crippen LogP contribution in [0, 0.1) is 0 Å². The molecular formula is C16H21N5O2. The molecule has 0 radical (unpaired) electrons. The van der Waals surface area contributed by atoms with Gasteiger partial charge in [-0.15, -0.1) is 5.10 Å². The average Bonchev–Trinajstić information content (AvgIpc) is 3.23. The van der Waals surface area contributed by atoms with E-state index in [4.69, 9.17) is 4.74 Å². The molecule has 1 amide bonds. The number of rotatable bonds is 2. The lowest BCUT2D eigenvalue weighted by Gasteiger charge is -2.38. The summed E-state index contributed by atoms with van der Waals surface area (Å²) in [7, 11) is 0. The van der Waals surface area contributed by atoms with E-state index in [0.717, 1.165) is 37.4 Å². The van der Waals surface area contributed by atoms with Crippen LogP contribution in [0.15, 0.2) is 24.5 Å². The summed E-state index contributed by atoms with van der Waals surface area (Å²) in [5.41, 5.74) is 0.227. The molecule has 7 nitrogen and oxygen atoms in total. The molecule has 23 heavy (non-hydrogen) atoms. The first kappa shape index (κ1) is 14.4. The Labute approximate surface area is 134 Å². The van der Waals surface area contributed by atoms with Crippen LogP contribution in [-0.4, -0.2) is 63.8 Å². The topological polar surface area (TPSA) is 63.0 Å². The van der Waals surface area contributed by atoms with Gasteiger partial charge in [-0.25, -0.2) is 9.50 Å². The smallest absolute Gasteiger partial charge is 0.254 e. The predicted octanol–water partition coefficient (Wildman–Crippen LogP) is 0.947. The van der Waals surface area contributed by atoms with Gasteiger partial charge in [-0.2, -0.15) is 0 Å². The second-order valence-electron chi connectivity index (χ2n) is 6.38. The lowest BCUT2D eigenvalue weighted by Crippen LogP contribution is -2.55. The minimum absolute atomic E-state index is 0.132. The van der Waals surface area contributed by atoms with E-state index in [-0.39, 0.29) is 5.91 Å². The first-order chi connectivity index (χ1) is 11.2. The van der Waals surface area contributed by atoms with Gasteiger partial charge in [0, 0.05) is 45.2 Å². The van der Waals surface area contributed by atoms with Crippen molar-refractivity contribution in [2.45, 2.75) is 25.4 Å². The van der Waals surface area contributed by atoms with Crippen LogP contribution in [0.5, 0.6) is 0 Å². The highest BCUT2D eigenvalue weighted by molar-refractivity contribution is 5.85. The largest absolute Gasteiger partial charge is 0.365 e. The molecule has 2 aliphatic rings. The summed E-state index contributed by atoms with van der Waals surface area (Å²) in [5.74, 6) is 1.05. The Morgan fingerprint density at radius 2 is 2.09 bits per heavy atom. The maximum absolute atomic E-state index is 12.7. The minimum Gasteiger partial charge on any atom is -0.365 e. The van der Waals surface area contributed by atoms with Crippen molar-refractivity contribution in [2.75, 3.05) is 37.7 Å². The number of nitrogens with zero attached hydrogens (tertiary/aromatic N) is 5. The van der Waals surface area contributed by atoms with Crippen LogP contribution in [0.2, 0.25) is 0 Å². The Balaban J connectivity index is 1.43. The van der Waals surface area contributed by atoms with Gasteiger partial charge in [0.2, 0.25) is 0 Å². The molecular weight excluding hydrogens is 294 g/mol. The van der Waals surface area contributed by atoms with Gasteiger partial charge < -0.3 is 14.5 Å². The van der Waals surface area contributed by atoms with Crippen LogP contribution in [0.25, 0.3) is 5.65 Å². The molecule has 0 aliphatic carbocycles. The molecule has 0 N–H and O–H groups in total. The molecule has 1 atom stereocenters. The highest BCUT2D eigenvalue weighted by Crippen LogP contribution is 2.28. The van der Waals surface area contributed by atoms with E-state index >= 15 is 0 Å². The number of aromatic nitrogens is 3. The summed E-state index contributed by atoms with van der Waals surface area (Å²) in [6.07, 6.45) is 5.38. The molecule has 4 heterocycles. The van der Waals surface area contributed by atoms with Crippen LogP contribution >= 0.6 is 0 Å². The van der Waals surface area contributed by atoms with Crippen molar-refractivity contribution in [3.63, 3.8) is 0 Å². The molecule has 0 aromatic carbocycles. The van der Waals surface area contributed by atoms with E-state index in [2.05, 4.69) is 15.0 Å². The van der Waals surface area contributed by atoms with Crippen molar-refractivity contribution in [1.82, 2.24) is 19.5 Å². The Kier molecular flexibility index (Phi) is 3.45. The summed E-state index contributed by atoms with van der Waals surface area (Å²) < 4.78 is 7.46. The van der Waals surface area contributed by atoms with Gasteiger partial charge in [0.05, 0.1) is 0 Å². The number of fused-ring (bicyclic) bond motifs is 1. The molecule has 0 saturated carbocycles. The Morgan fingerprint density at radius 3 is 2.83 bits per heavy atom. The van der Waals surface area contributed by atoms with Crippen molar-refractivity contribution in [2.24, 2.45) is 0 Å². The lowest BCUT2D eigenvalue weighted by molar-refractivity contribution is -0.151. The molecule has 2 aromatic heterocycles. The summed E-state index contributed by atoms with van der Waals surface area (Å²) in [6, 6.07) is 3.95. The zero-order chi connectivity index (χ0) is 15.9. The fourth-order valence-electron chi connectivity index (χ4n) is 3.39. The third-order valence-electron chi connectivity index (χ3n) is 4.80. The number of piperazine rings is 1. The van der Waals surface area contributed by atoms with E-state index in [1.807, 2.05) is 30.2 Å². The van der Waals surface area contributed by atoms with Crippen LogP contribution < -0.4 is 4.90 Å². The zero-order valence-electron chi connectivity index (χ0n) is 13.3. The third kappa shape index (κ3) is 2.55. The normalized spacial score (nSPS) is 25.3. The van der Waals surface area contributed by atoms with E-state index in [1.54, 1.807) is 10.7 Å². The fourth-order valence-corrected chi connectivity index (χ4v) is 3.39. The average molecular weight is 315 g/mol. The molecule has 0 bridgehead atoms. The number of imidazole rings is 1. The lowest BCUT2D eigenvalue weighted by atomic mass is 10.0. The maximum Gasteiger partial charge on any atom is 0.254 e. The fraction of sp³-hybridized carbons (Fsp3) is 0.562. The molecule has 1 unspecified atom stereocenters. The van der Waals surface area contributed by atoms with Gasteiger partial charge >= 0.3 is 0 Å². The third-order valence-corrected chi connectivity index (χ3v) is 4.80. The summed E-state index contributed by atoms with van der Waals surface area (Å²) in [6.45, 7) is 5.60. The van der Waals surface area contributed by atoms with Crippen molar-refractivity contribution in [1.29, 1.82) is 0 Å². The molecule has 7 heteroatoms. The maximum atomic E-state index is 12.7. The van der Waals surface area contributed by atoms with Crippen LogP contribution in [0.4, 0.5) is 5.82 Å². The van der Waals surface area contributed by atoms with Crippen LogP contribution in [0.3, 0.4) is 0 Å². The van der Waals surface area contributed by atoms with Gasteiger partial charge in [0.1, 0.15) is 11.4 Å². The van der Waals surface area contributed by atoms with E-state index < -0.39 is 5.60 Å². The second-order valence-corrected chi connectivity index (χ2v) is 6.38. The second kappa shape index (κ2) is 5.49. The van der Waals surface area contributed by atoms with Gasteiger partial charge in [-0.1, -0.05) is 0 Å². The number of hydrogen-bond donors (Lipinski definition) is 0. The van der Waals surface area contributed by atoms with Gasteiger partial charge in [-0.05, 0) is 31.9 Å². The predicted molar refractivity (Wildman–Crippen MR) is 85.4 cm³/mol. The van der Waals surface area contributed by atoms with Gasteiger partial charge in [0.15, 0.2) is 5.65 Å². The Bertz CT molecular complexity index is 714.